The molecule has 0 spiro atoms. The minimum atomic E-state index is -0.417. The molecule has 3 aromatic rings. The fourth-order valence-electron chi connectivity index (χ4n) is 3.96. The molecule has 0 amide bonds. The number of hydrogen-bond donors (Lipinski definition) is 0. The van der Waals surface area contributed by atoms with Crippen LogP contribution in [0, 0.1) is 0 Å². The first-order valence-corrected chi connectivity index (χ1v) is 9.71. The van der Waals surface area contributed by atoms with Gasteiger partial charge in [0.25, 0.3) is 0 Å². The average molecular weight is 408 g/mol. The topological polar surface area (TPSA) is 63.2 Å². The van der Waals surface area contributed by atoms with Crippen LogP contribution in [0.1, 0.15) is 36.7 Å². The van der Waals surface area contributed by atoms with E-state index in [1.54, 1.807) is 21.3 Å². The molecule has 6 heteroatoms. The third kappa shape index (κ3) is 3.49. The summed E-state index contributed by atoms with van der Waals surface area (Å²) in [5.41, 5.74) is 1.72. The number of esters is 1. The van der Waals surface area contributed by atoms with Crippen LogP contribution >= 0.6 is 0 Å². The highest BCUT2D eigenvalue weighted by atomic mass is 16.6. The minimum Gasteiger partial charge on any atom is -0.493 e. The zero-order valence-electron chi connectivity index (χ0n) is 17.4. The van der Waals surface area contributed by atoms with Crippen LogP contribution in [-0.4, -0.2) is 27.3 Å². The molecule has 1 heterocycles. The lowest BCUT2D eigenvalue weighted by molar-refractivity contribution is -0.149. The molecule has 0 radical (unpaired) electrons. The second kappa shape index (κ2) is 8.14. The molecule has 0 saturated heterocycles. The molecule has 0 N–H and O–H groups in total. The van der Waals surface area contributed by atoms with E-state index in [1.807, 2.05) is 48.5 Å². The molecule has 2 atom stereocenters. The van der Waals surface area contributed by atoms with Crippen LogP contribution in [0.4, 0.5) is 0 Å². The maximum absolute atomic E-state index is 11.8. The van der Waals surface area contributed by atoms with Crippen molar-refractivity contribution in [3.63, 3.8) is 0 Å². The smallest absolute Gasteiger partial charge is 0.303 e. The second-order valence-electron chi connectivity index (χ2n) is 7.10. The molecule has 30 heavy (non-hydrogen) atoms. The number of carbonyl (C=O) groups is 1. The maximum Gasteiger partial charge on any atom is 0.303 e. The van der Waals surface area contributed by atoms with Gasteiger partial charge in [0.1, 0.15) is 18.0 Å². The molecule has 0 saturated carbocycles. The number of hydrogen-bond acceptors (Lipinski definition) is 6. The van der Waals surface area contributed by atoms with E-state index in [0.717, 1.165) is 27.6 Å². The molecule has 156 valence electrons. The van der Waals surface area contributed by atoms with Crippen molar-refractivity contribution in [3.05, 3.63) is 59.7 Å². The van der Waals surface area contributed by atoms with E-state index in [9.17, 15) is 4.79 Å². The Bertz CT molecular complexity index is 1070. The number of methoxy groups -OCH3 is 3. The average Bonchev–Trinajstić information content (AvgIpc) is 2.77. The first kappa shape index (κ1) is 19.9. The third-order valence-corrected chi connectivity index (χ3v) is 5.31. The van der Waals surface area contributed by atoms with Crippen LogP contribution in [0.25, 0.3) is 10.8 Å². The zero-order valence-corrected chi connectivity index (χ0v) is 17.4. The summed E-state index contributed by atoms with van der Waals surface area (Å²) in [4.78, 5) is 11.8. The normalized spacial score (nSPS) is 17.6. The van der Waals surface area contributed by atoms with Gasteiger partial charge in [-0.25, -0.2) is 0 Å². The number of carbonyl (C=O) groups excluding carboxylic acids is 1. The first-order chi connectivity index (χ1) is 14.5. The largest absolute Gasteiger partial charge is 0.493 e. The lowest BCUT2D eigenvalue weighted by Crippen LogP contribution is -2.22. The van der Waals surface area contributed by atoms with Gasteiger partial charge < -0.3 is 23.7 Å². The Hall–Kier alpha value is -3.41. The van der Waals surface area contributed by atoms with E-state index in [-0.39, 0.29) is 12.1 Å². The summed E-state index contributed by atoms with van der Waals surface area (Å²) in [5.74, 6) is 2.00. The summed E-state index contributed by atoms with van der Waals surface area (Å²) in [6, 6.07) is 15.7. The number of fused-ring (bicyclic) bond motifs is 3. The summed E-state index contributed by atoms with van der Waals surface area (Å²) >= 11 is 0. The summed E-state index contributed by atoms with van der Waals surface area (Å²) in [7, 11) is 4.72. The summed E-state index contributed by atoms with van der Waals surface area (Å²) in [6.45, 7) is 1.42. The number of ether oxygens (including phenoxy) is 5. The Morgan fingerprint density at radius 2 is 1.67 bits per heavy atom. The van der Waals surface area contributed by atoms with Crippen molar-refractivity contribution in [2.45, 2.75) is 25.6 Å². The van der Waals surface area contributed by atoms with Gasteiger partial charge in [-0.15, -0.1) is 0 Å². The molecule has 6 nitrogen and oxygen atoms in total. The molecule has 1 aliphatic rings. The molecule has 0 aromatic heterocycles. The van der Waals surface area contributed by atoms with Crippen LogP contribution in [0.15, 0.2) is 48.5 Å². The summed E-state index contributed by atoms with van der Waals surface area (Å²) in [6.07, 6.45) is -0.301. The maximum atomic E-state index is 11.8. The number of benzene rings is 3. The van der Waals surface area contributed by atoms with Gasteiger partial charge in [0.05, 0.1) is 21.3 Å². The minimum absolute atomic E-state index is 0.329. The van der Waals surface area contributed by atoms with Crippen molar-refractivity contribution >= 4 is 16.7 Å². The van der Waals surface area contributed by atoms with Gasteiger partial charge in [-0.1, -0.05) is 36.4 Å². The molecule has 0 aliphatic carbocycles. The van der Waals surface area contributed by atoms with Crippen molar-refractivity contribution in [3.8, 4) is 23.0 Å². The van der Waals surface area contributed by atoms with Crippen LogP contribution in [-0.2, 0) is 9.53 Å². The predicted octanol–water partition coefficient (Wildman–Crippen LogP) is 4.99. The molecule has 3 aromatic carbocycles. The van der Waals surface area contributed by atoms with E-state index >= 15 is 0 Å². The van der Waals surface area contributed by atoms with Crippen LogP contribution in [0.5, 0.6) is 23.0 Å². The van der Waals surface area contributed by atoms with Crippen molar-refractivity contribution in [2.75, 3.05) is 21.3 Å². The standard InChI is InChI=1S/C24H24O6/c1-14(25)29-20-13-19(16-11-21(26-2)24(28-4)22(12-16)27-3)30-23-17-8-6-5-7-15(17)9-10-18(20)23/h5-12,19-20H,13H2,1-4H3. The Labute approximate surface area is 175 Å². The molecule has 4 rings (SSSR count). The van der Waals surface area contributed by atoms with E-state index in [1.165, 1.54) is 6.92 Å². The van der Waals surface area contributed by atoms with Crippen molar-refractivity contribution in [2.24, 2.45) is 0 Å². The van der Waals surface area contributed by atoms with E-state index in [0.29, 0.717) is 23.7 Å². The highest BCUT2D eigenvalue weighted by molar-refractivity contribution is 5.90. The Kier molecular flexibility index (Phi) is 5.40. The van der Waals surface area contributed by atoms with Gasteiger partial charge in [-0.05, 0) is 17.5 Å². The predicted molar refractivity (Wildman–Crippen MR) is 113 cm³/mol. The van der Waals surface area contributed by atoms with Gasteiger partial charge in [0.15, 0.2) is 11.5 Å². The highest BCUT2D eigenvalue weighted by Gasteiger charge is 2.33. The fraction of sp³-hybridized carbons (Fsp3) is 0.292. The van der Waals surface area contributed by atoms with Crippen LogP contribution < -0.4 is 18.9 Å². The van der Waals surface area contributed by atoms with Gasteiger partial charge >= 0.3 is 5.97 Å². The molecular weight excluding hydrogens is 384 g/mol. The van der Waals surface area contributed by atoms with E-state index in [4.69, 9.17) is 23.7 Å². The van der Waals surface area contributed by atoms with Crippen LogP contribution in [0.3, 0.4) is 0 Å². The Balaban J connectivity index is 1.84. The molecule has 0 bridgehead atoms. The fourth-order valence-corrected chi connectivity index (χ4v) is 3.96. The quantitative estimate of drug-likeness (QED) is 0.554. The summed E-state index contributed by atoms with van der Waals surface area (Å²) < 4.78 is 28.6. The van der Waals surface area contributed by atoms with Gasteiger partial charge in [0.2, 0.25) is 5.75 Å². The van der Waals surface area contributed by atoms with Crippen LogP contribution in [0.2, 0.25) is 0 Å². The third-order valence-electron chi connectivity index (χ3n) is 5.31. The molecular formula is C24H24O6. The zero-order chi connectivity index (χ0) is 21.3. The lowest BCUT2D eigenvalue weighted by atomic mass is 9.92. The monoisotopic (exact) mass is 408 g/mol. The van der Waals surface area contributed by atoms with Crippen molar-refractivity contribution < 1.29 is 28.5 Å². The SMILES string of the molecule is COc1cc(C2CC(OC(C)=O)c3ccc4ccccc4c3O2)cc(OC)c1OC. The van der Waals surface area contributed by atoms with E-state index < -0.39 is 6.10 Å². The summed E-state index contributed by atoms with van der Waals surface area (Å²) in [5, 5.41) is 2.03. The Morgan fingerprint density at radius 3 is 2.30 bits per heavy atom. The van der Waals surface area contributed by atoms with Gasteiger partial charge in [-0.3, -0.25) is 4.79 Å². The van der Waals surface area contributed by atoms with Gasteiger partial charge in [0, 0.05) is 29.9 Å². The number of rotatable bonds is 5. The second-order valence-corrected chi connectivity index (χ2v) is 7.10. The van der Waals surface area contributed by atoms with Crippen molar-refractivity contribution in [1.29, 1.82) is 0 Å². The first-order valence-electron chi connectivity index (χ1n) is 9.71. The van der Waals surface area contributed by atoms with E-state index in [2.05, 4.69) is 0 Å². The molecule has 2 unspecified atom stereocenters. The Morgan fingerprint density at radius 1 is 0.967 bits per heavy atom. The van der Waals surface area contributed by atoms with Crippen molar-refractivity contribution in [1.82, 2.24) is 0 Å². The molecule has 1 aliphatic heterocycles. The lowest BCUT2D eigenvalue weighted by Gasteiger charge is -2.33. The highest BCUT2D eigenvalue weighted by Crippen LogP contribution is 2.48. The molecule has 0 fully saturated rings. The van der Waals surface area contributed by atoms with Gasteiger partial charge in [-0.2, -0.15) is 0 Å².